The zero-order chi connectivity index (χ0) is 13.9. The van der Waals surface area contributed by atoms with Gasteiger partial charge in [0.15, 0.2) is 0 Å². The number of hydrogen-bond acceptors (Lipinski definition) is 3. The first-order chi connectivity index (χ1) is 9.79. The third-order valence-electron chi connectivity index (χ3n) is 4.27. The fourth-order valence-electron chi connectivity index (χ4n) is 3.08. The quantitative estimate of drug-likeness (QED) is 0.777. The van der Waals surface area contributed by atoms with Crippen molar-refractivity contribution >= 4 is 17.2 Å². The number of rotatable bonds is 2. The van der Waals surface area contributed by atoms with Gasteiger partial charge < -0.3 is 4.90 Å². The fourth-order valence-corrected chi connectivity index (χ4v) is 4.20. The second-order valence-corrected chi connectivity index (χ2v) is 6.49. The highest BCUT2D eigenvalue weighted by molar-refractivity contribution is 7.10. The molecular weight excluding hydrogens is 268 g/mol. The molecule has 3 rings (SSSR count). The molecule has 20 heavy (non-hydrogen) atoms. The Morgan fingerprint density at radius 3 is 2.75 bits per heavy atom. The third-order valence-corrected chi connectivity index (χ3v) is 5.35. The van der Waals surface area contributed by atoms with Crippen LogP contribution in [-0.2, 0) is 12.8 Å². The summed E-state index contributed by atoms with van der Waals surface area (Å²) >= 11 is 1.77. The second kappa shape index (κ2) is 5.99. The van der Waals surface area contributed by atoms with E-state index in [-0.39, 0.29) is 5.91 Å². The molecule has 1 amide bonds. The van der Waals surface area contributed by atoms with Gasteiger partial charge in [-0.2, -0.15) is 0 Å². The maximum absolute atomic E-state index is 12.7. The highest BCUT2D eigenvalue weighted by Crippen LogP contribution is 2.31. The first-order valence-corrected chi connectivity index (χ1v) is 8.22. The van der Waals surface area contributed by atoms with Gasteiger partial charge in [0.1, 0.15) is 0 Å². The molecule has 3 nitrogen and oxygen atoms in total. The molecule has 0 saturated carbocycles. The molecule has 2 aliphatic rings. The Labute approximate surface area is 124 Å². The van der Waals surface area contributed by atoms with Gasteiger partial charge in [0.25, 0.3) is 5.91 Å². The lowest BCUT2D eigenvalue weighted by Crippen LogP contribution is -2.48. The zero-order valence-electron chi connectivity index (χ0n) is 11.7. The number of carbonyl (C=O) groups is 1. The van der Waals surface area contributed by atoms with Crippen molar-refractivity contribution in [3.8, 4) is 12.3 Å². The number of amides is 1. The molecular formula is C16H20N2OS. The number of hydrogen-bond donors (Lipinski definition) is 0. The van der Waals surface area contributed by atoms with E-state index in [0.717, 1.165) is 44.6 Å². The van der Waals surface area contributed by atoms with Gasteiger partial charge in [0.2, 0.25) is 0 Å². The Morgan fingerprint density at radius 2 is 2.00 bits per heavy atom. The van der Waals surface area contributed by atoms with Crippen molar-refractivity contribution in [3.63, 3.8) is 0 Å². The summed E-state index contributed by atoms with van der Waals surface area (Å²) in [6, 6.07) is 0. The molecule has 2 heterocycles. The average molecular weight is 288 g/mol. The summed E-state index contributed by atoms with van der Waals surface area (Å²) in [7, 11) is 0. The highest BCUT2D eigenvalue weighted by atomic mass is 32.1. The molecule has 0 unspecified atom stereocenters. The molecule has 106 valence electrons. The molecule has 0 bridgehead atoms. The van der Waals surface area contributed by atoms with Crippen LogP contribution in [0, 0.1) is 12.3 Å². The van der Waals surface area contributed by atoms with E-state index in [2.05, 4.69) is 16.2 Å². The zero-order valence-corrected chi connectivity index (χ0v) is 12.5. The normalized spacial score (nSPS) is 19.4. The minimum absolute atomic E-state index is 0.227. The van der Waals surface area contributed by atoms with Crippen molar-refractivity contribution in [2.45, 2.75) is 25.7 Å². The predicted octanol–water partition coefficient (Wildman–Crippen LogP) is 2.02. The molecule has 1 saturated heterocycles. The van der Waals surface area contributed by atoms with Crippen LogP contribution in [0.3, 0.4) is 0 Å². The maximum Gasteiger partial charge on any atom is 0.255 e. The van der Waals surface area contributed by atoms with Gasteiger partial charge in [-0.1, -0.05) is 5.92 Å². The molecule has 0 N–H and O–H groups in total. The van der Waals surface area contributed by atoms with Gasteiger partial charge in [-0.3, -0.25) is 9.69 Å². The van der Waals surface area contributed by atoms with Crippen molar-refractivity contribution in [1.82, 2.24) is 9.80 Å². The number of carbonyl (C=O) groups excluding carboxylic acids is 1. The van der Waals surface area contributed by atoms with E-state index in [1.54, 1.807) is 11.3 Å². The number of thiophene rings is 1. The number of terminal acetylenes is 1. The second-order valence-electron chi connectivity index (χ2n) is 5.53. The van der Waals surface area contributed by atoms with Crippen LogP contribution in [0.4, 0.5) is 0 Å². The van der Waals surface area contributed by atoms with Crippen LogP contribution in [0.2, 0.25) is 0 Å². The van der Waals surface area contributed by atoms with E-state index in [0.29, 0.717) is 6.54 Å². The van der Waals surface area contributed by atoms with E-state index >= 15 is 0 Å². The first-order valence-electron chi connectivity index (χ1n) is 7.34. The maximum atomic E-state index is 12.7. The number of fused-ring (bicyclic) bond motifs is 1. The Balaban J connectivity index is 1.68. The van der Waals surface area contributed by atoms with Gasteiger partial charge in [-0.05, 0) is 31.2 Å². The smallest absolute Gasteiger partial charge is 0.255 e. The lowest BCUT2D eigenvalue weighted by atomic mass is 9.95. The summed E-state index contributed by atoms with van der Waals surface area (Å²) in [5.74, 6) is 2.90. The molecule has 1 aliphatic carbocycles. The Hall–Kier alpha value is -1.31. The van der Waals surface area contributed by atoms with Crippen LogP contribution in [0.5, 0.6) is 0 Å². The molecule has 1 fully saturated rings. The molecule has 1 aromatic rings. The van der Waals surface area contributed by atoms with Crippen LogP contribution in [0.15, 0.2) is 5.38 Å². The summed E-state index contributed by atoms with van der Waals surface area (Å²) in [5.41, 5.74) is 2.30. The van der Waals surface area contributed by atoms with Crippen molar-refractivity contribution in [2.24, 2.45) is 0 Å². The van der Waals surface area contributed by atoms with E-state index in [1.165, 1.54) is 23.3 Å². The molecule has 1 aliphatic heterocycles. The van der Waals surface area contributed by atoms with E-state index in [4.69, 9.17) is 6.42 Å². The van der Waals surface area contributed by atoms with Crippen LogP contribution < -0.4 is 0 Å². The summed E-state index contributed by atoms with van der Waals surface area (Å²) in [6.45, 7) is 4.07. The van der Waals surface area contributed by atoms with Gasteiger partial charge in [-0.25, -0.2) is 0 Å². The van der Waals surface area contributed by atoms with Gasteiger partial charge in [0.05, 0.1) is 12.1 Å². The largest absolute Gasteiger partial charge is 0.336 e. The highest BCUT2D eigenvalue weighted by Gasteiger charge is 2.26. The SMILES string of the molecule is C#CCN1CCN(C(=O)c2csc3c2CCCC3)CC1. The lowest BCUT2D eigenvalue weighted by Gasteiger charge is -2.33. The Bertz CT molecular complexity index is 535. The summed E-state index contributed by atoms with van der Waals surface area (Å²) < 4.78 is 0. The van der Waals surface area contributed by atoms with Gasteiger partial charge >= 0.3 is 0 Å². The predicted molar refractivity (Wildman–Crippen MR) is 82.1 cm³/mol. The Morgan fingerprint density at radius 1 is 1.25 bits per heavy atom. The number of aryl methyl sites for hydroxylation is 1. The fraction of sp³-hybridized carbons (Fsp3) is 0.562. The summed E-state index contributed by atoms with van der Waals surface area (Å²) in [4.78, 5) is 18.3. The molecule has 0 radical (unpaired) electrons. The van der Waals surface area contributed by atoms with Crippen molar-refractivity contribution in [3.05, 3.63) is 21.4 Å². The van der Waals surface area contributed by atoms with Crippen LogP contribution in [-0.4, -0.2) is 48.4 Å². The molecule has 0 atom stereocenters. The van der Waals surface area contributed by atoms with Crippen molar-refractivity contribution in [1.29, 1.82) is 0 Å². The topological polar surface area (TPSA) is 23.6 Å². The van der Waals surface area contributed by atoms with Crippen LogP contribution in [0.25, 0.3) is 0 Å². The van der Waals surface area contributed by atoms with Crippen molar-refractivity contribution in [2.75, 3.05) is 32.7 Å². The summed E-state index contributed by atoms with van der Waals surface area (Å²) in [5, 5.41) is 2.08. The monoisotopic (exact) mass is 288 g/mol. The number of piperazine rings is 1. The lowest BCUT2D eigenvalue weighted by molar-refractivity contribution is 0.0651. The third kappa shape index (κ3) is 2.61. The van der Waals surface area contributed by atoms with E-state index in [1.807, 2.05) is 4.90 Å². The van der Waals surface area contributed by atoms with Gasteiger partial charge in [0, 0.05) is 36.4 Å². The molecule has 0 spiro atoms. The minimum atomic E-state index is 0.227. The van der Waals surface area contributed by atoms with E-state index in [9.17, 15) is 4.79 Å². The molecule has 0 aromatic carbocycles. The minimum Gasteiger partial charge on any atom is -0.336 e. The van der Waals surface area contributed by atoms with Crippen molar-refractivity contribution < 1.29 is 4.79 Å². The molecule has 1 aromatic heterocycles. The van der Waals surface area contributed by atoms with Crippen LogP contribution >= 0.6 is 11.3 Å². The number of nitrogens with zero attached hydrogens (tertiary/aromatic N) is 2. The average Bonchev–Trinajstić information content (AvgIpc) is 2.92. The van der Waals surface area contributed by atoms with Crippen LogP contribution in [0.1, 0.15) is 33.6 Å². The molecule has 4 heteroatoms. The first kappa shape index (κ1) is 13.7. The standard InChI is InChI=1S/C16H20N2OS/c1-2-7-17-8-10-18(11-9-17)16(19)14-12-20-15-6-4-3-5-13(14)15/h1,12H,3-11H2. The Kier molecular flexibility index (Phi) is 4.09. The van der Waals surface area contributed by atoms with Gasteiger partial charge in [-0.15, -0.1) is 17.8 Å². The van der Waals surface area contributed by atoms with E-state index < -0.39 is 0 Å². The summed E-state index contributed by atoms with van der Waals surface area (Å²) in [6.07, 6.45) is 10.1.